The molecule has 0 aliphatic carbocycles. The van der Waals surface area contributed by atoms with E-state index in [2.05, 4.69) is 15.3 Å². The number of amides is 1. The van der Waals surface area contributed by atoms with Crippen LogP contribution in [0.1, 0.15) is 20.3 Å². The average Bonchev–Trinajstić information content (AvgIpc) is 2.48. The molecule has 112 valence electrons. The maximum absolute atomic E-state index is 12.0. The third-order valence-corrected chi connectivity index (χ3v) is 3.49. The number of hydrogen-bond acceptors (Lipinski definition) is 4. The summed E-state index contributed by atoms with van der Waals surface area (Å²) < 4.78 is 0. The number of carbonyl (C=O) groups is 1. The molecule has 1 aromatic carbocycles. The van der Waals surface area contributed by atoms with E-state index in [1.54, 1.807) is 0 Å². The molecule has 0 saturated heterocycles. The lowest BCUT2D eigenvalue weighted by Gasteiger charge is -2.18. The van der Waals surface area contributed by atoms with Gasteiger partial charge in [0.15, 0.2) is 0 Å². The van der Waals surface area contributed by atoms with Gasteiger partial charge in [0, 0.05) is 31.4 Å². The van der Waals surface area contributed by atoms with Gasteiger partial charge in [-0.15, -0.1) is 0 Å². The molecule has 0 aliphatic heterocycles. The fourth-order valence-electron chi connectivity index (χ4n) is 2.21. The van der Waals surface area contributed by atoms with Gasteiger partial charge >= 0.3 is 0 Å². The first kappa shape index (κ1) is 15.5. The minimum absolute atomic E-state index is 0.136. The summed E-state index contributed by atoms with van der Waals surface area (Å²) in [6, 6.07) is 7.64. The van der Waals surface area contributed by atoms with Crippen molar-refractivity contribution in [3.05, 3.63) is 29.5 Å². The molecule has 1 aromatic heterocycles. The van der Waals surface area contributed by atoms with E-state index in [1.165, 1.54) is 0 Å². The van der Waals surface area contributed by atoms with Gasteiger partial charge in [-0.3, -0.25) is 4.79 Å². The van der Waals surface area contributed by atoms with Gasteiger partial charge in [-0.05, 0) is 37.6 Å². The first-order chi connectivity index (χ1) is 10.2. The number of fused-ring (bicyclic) bond motifs is 1. The van der Waals surface area contributed by atoms with Gasteiger partial charge in [-0.2, -0.15) is 0 Å². The number of nitrogens with zero attached hydrogens (tertiary/aromatic N) is 3. The number of para-hydroxylation sites is 1. The van der Waals surface area contributed by atoms with Crippen molar-refractivity contribution < 1.29 is 4.79 Å². The Kier molecular flexibility index (Phi) is 5.33. The van der Waals surface area contributed by atoms with Crippen LogP contribution in [0.4, 0.5) is 5.82 Å². The predicted octanol–water partition coefficient (Wildman–Crippen LogP) is 2.95. The largest absolute Gasteiger partial charge is 0.369 e. The molecule has 0 aliphatic rings. The lowest BCUT2D eigenvalue weighted by atomic mass is 10.2. The second-order valence-electron chi connectivity index (χ2n) is 4.60. The van der Waals surface area contributed by atoms with Gasteiger partial charge in [0.1, 0.15) is 5.82 Å². The lowest BCUT2D eigenvalue weighted by Crippen LogP contribution is -2.31. The monoisotopic (exact) mass is 306 g/mol. The Morgan fingerprint density at radius 1 is 1.24 bits per heavy atom. The maximum Gasteiger partial charge on any atom is 0.224 e. The molecular weight excluding hydrogens is 288 g/mol. The topological polar surface area (TPSA) is 58.1 Å². The van der Waals surface area contributed by atoms with Crippen molar-refractivity contribution in [3.8, 4) is 0 Å². The van der Waals surface area contributed by atoms with Gasteiger partial charge in [0.2, 0.25) is 11.2 Å². The van der Waals surface area contributed by atoms with Crippen molar-refractivity contribution in [2.75, 3.05) is 25.0 Å². The molecule has 1 heterocycles. The predicted molar refractivity (Wildman–Crippen MR) is 85.6 cm³/mol. The average molecular weight is 307 g/mol. The molecule has 0 atom stereocenters. The van der Waals surface area contributed by atoms with Crippen molar-refractivity contribution in [2.24, 2.45) is 0 Å². The molecule has 0 fully saturated rings. The normalized spacial score (nSPS) is 10.6. The van der Waals surface area contributed by atoms with Crippen molar-refractivity contribution in [1.82, 2.24) is 14.9 Å². The molecule has 0 bridgehead atoms. The third-order valence-electron chi connectivity index (χ3n) is 3.32. The SMILES string of the molecule is CCN(CC)C(=O)CCNc1nc(Cl)nc2ccccc12. The highest BCUT2D eigenvalue weighted by Crippen LogP contribution is 2.21. The summed E-state index contributed by atoms with van der Waals surface area (Å²) in [6.45, 7) is 5.95. The number of aromatic nitrogens is 2. The second-order valence-corrected chi connectivity index (χ2v) is 4.94. The molecule has 0 unspecified atom stereocenters. The molecule has 5 nitrogen and oxygen atoms in total. The van der Waals surface area contributed by atoms with Crippen LogP contribution in [-0.2, 0) is 4.79 Å². The lowest BCUT2D eigenvalue weighted by molar-refractivity contribution is -0.130. The van der Waals surface area contributed by atoms with Crippen LogP contribution in [0.5, 0.6) is 0 Å². The van der Waals surface area contributed by atoms with Crippen molar-refractivity contribution in [3.63, 3.8) is 0 Å². The van der Waals surface area contributed by atoms with E-state index in [9.17, 15) is 4.79 Å². The van der Waals surface area contributed by atoms with Crippen LogP contribution < -0.4 is 5.32 Å². The third kappa shape index (κ3) is 3.82. The van der Waals surface area contributed by atoms with Crippen LogP contribution in [0, 0.1) is 0 Å². The second kappa shape index (κ2) is 7.22. The molecule has 0 radical (unpaired) electrons. The zero-order valence-electron chi connectivity index (χ0n) is 12.3. The minimum atomic E-state index is 0.136. The smallest absolute Gasteiger partial charge is 0.224 e. The van der Waals surface area contributed by atoms with Crippen LogP contribution in [-0.4, -0.2) is 40.4 Å². The van der Waals surface area contributed by atoms with Crippen molar-refractivity contribution in [2.45, 2.75) is 20.3 Å². The number of rotatable bonds is 6. The number of halogens is 1. The summed E-state index contributed by atoms with van der Waals surface area (Å²) in [5.41, 5.74) is 0.787. The van der Waals surface area contributed by atoms with E-state index in [4.69, 9.17) is 11.6 Å². The first-order valence-corrected chi connectivity index (χ1v) is 7.47. The summed E-state index contributed by atoms with van der Waals surface area (Å²) >= 11 is 5.92. The van der Waals surface area contributed by atoms with Gasteiger partial charge in [-0.25, -0.2) is 9.97 Å². The number of benzene rings is 1. The van der Waals surface area contributed by atoms with Crippen LogP contribution >= 0.6 is 11.6 Å². The molecule has 2 rings (SSSR count). The number of carbonyl (C=O) groups excluding carboxylic acids is 1. The summed E-state index contributed by atoms with van der Waals surface area (Å²) in [5.74, 6) is 0.801. The maximum atomic E-state index is 12.0. The van der Waals surface area contributed by atoms with Crippen LogP contribution in [0.3, 0.4) is 0 Å². The zero-order valence-corrected chi connectivity index (χ0v) is 13.0. The molecule has 0 spiro atoms. The van der Waals surface area contributed by atoms with E-state index in [-0.39, 0.29) is 11.2 Å². The van der Waals surface area contributed by atoms with Crippen molar-refractivity contribution in [1.29, 1.82) is 0 Å². The van der Waals surface area contributed by atoms with Crippen LogP contribution in [0.25, 0.3) is 10.9 Å². The fraction of sp³-hybridized carbons (Fsp3) is 0.400. The molecule has 21 heavy (non-hydrogen) atoms. The Balaban J connectivity index is 2.05. The minimum Gasteiger partial charge on any atom is -0.369 e. The Labute approximate surface area is 129 Å². The zero-order chi connectivity index (χ0) is 15.2. The molecule has 2 aromatic rings. The molecule has 1 N–H and O–H groups in total. The Bertz CT molecular complexity index is 628. The van der Waals surface area contributed by atoms with Gasteiger partial charge in [-0.1, -0.05) is 12.1 Å². The highest BCUT2D eigenvalue weighted by atomic mass is 35.5. The van der Waals surface area contributed by atoms with Crippen LogP contribution in [0.15, 0.2) is 24.3 Å². The van der Waals surface area contributed by atoms with Gasteiger partial charge in [0.05, 0.1) is 5.52 Å². The summed E-state index contributed by atoms with van der Waals surface area (Å²) in [6.07, 6.45) is 0.428. The highest BCUT2D eigenvalue weighted by Gasteiger charge is 2.10. The standard InChI is InChI=1S/C15H19ClN4O/c1-3-20(4-2)13(21)9-10-17-14-11-7-5-6-8-12(11)18-15(16)19-14/h5-8H,3-4,9-10H2,1-2H3,(H,17,18,19). The summed E-state index contributed by atoms with van der Waals surface area (Å²) in [5, 5.41) is 4.28. The van der Waals surface area contributed by atoms with E-state index in [0.717, 1.165) is 24.0 Å². The highest BCUT2D eigenvalue weighted by molar-refractivity contribution is 6.28. The Morgan fingerprint density at radius 3 is 2.67 bits per heavy atom. The molecular formula is C15H19ClN4O. The van der Waals surface area contributed by atoms with E-state index >= 15 is 0 Å². The number of nitrogens with one attached hydrogen (secondary N) is 1. The molecule has 1 amide bonds. The van der Waals surface area contributed by atoms with Gasteiger partial charge in [0.25, 0.3) is 0 Å². The van der Waals surface area contributed by atoms with E-state index in [0.29, 0.717) is 18.8 Å². The van der Waals surface area contributed by atoms with Crippen LogP contribution in [0.2, 0.25) is 5.28 Å². The summed E-state index contributed by atoms with van der Waals surface area (Å²) in [4.78, 5) is 22.1. The van der Waals surface area contributed by atoms with Gasteiger partial charge < -0.3 is 10.2 Å². The number of hydrogen-bond donors (Lipinski definition) is 1. The summed E-state index contributed by atoms with van der Waals surface area (Å²) in [7, 11) is 0. The fourth-order valence-corrected chi connectivity index (χ4v) is 2.38. The van der Waals surface area contributed by atoms with Crippen molar-refractivity contribution >= 4 is 34.2 Å². The van der Waals surface area contributed by atoms with E-state index in [1.807, 2.05) is 43.0 Å². The van der Waals surface area contributed by atoms with E-state index < -0.39 is 0 Å². The Morgan fingerprint density at radius 2 is 1.95 bits per heavy atom. The Hall–Kier alpha value is -1.88. The number of anilines is 1. The first-order valence-electron chi connectivity index (χ1n) is 7.09. The quantitative estimate of drug-likeness (QED) is 0.834. The molecule has 0 saturated carbocycles. The molecule has 6 heteroatoms.